The molecule has 10 nitrogen and oxygen atoms in total. The van der Waals surface area contributed by atoms with Crippen molar-refractivity contribution in [3.8, 4) is 0 Å². The summed E-state index contributed by atoms with van der Waals surface area (Å²) >= 11 is 1.33. The molecule has 0 saturated carbocycles. The molecule has 1 aromatic carbocycles. The number of thioether (sulfide) groups is 1. The lowest BCUT2D eigenvalue weighted by molar-refractivity contribution is -0.384. The van der Waals surface area contributed by atoms with Crippen LogP contribution in [0.25, 0.3) is 0 Å². The average Bonchev–Trinajstić information content (AvgIpc) is 3.18. The van der Waals surface area contributed by atoms with Gasteiger partial charge < -0.3 is 0 Å². The minimum Gasteiger partial charge on any atom is -0.272 e. The van der Waals surface area contributed by atoms with Crippen LogP contribution in [0.1, 0.15) is 10.9 Å². The van der Waals surface area contributed by atoms with Crippen molar-refractivity contribution >= 4 is 29.3 Å². The molecule has 3 rings (SSSR count). The van der Waals surface area contributed by atoms with Gasteiger partial charge in [-0.15, -0.1) is 11.8 Å². The first-order valence-electron chi connectivity index (χ1n) is 6.84. The molecule has 1 atom stereocenters. The number of rotatable bonds is 5. The van der Waals surface area contributed by atoms with Crippen LogP contribution in [0.3, 0.4) is 0 Å². The van der Waals surface area contributed by atoms with Gasteiger partial charge in [0, 0.05) is 12.1 Å². The highest BCUT2D eigenvalue weighted by molar-refractivity contribution is 8.00. The summed E-state index contributed by atoms with van der Waals surface area (Å²) in [6.45, 7) is -0.0680. The van der Waals surface area contributed by atoms with Crippen LogP contribution in [0, 0.1) is 10.1 Å². The van der Waals surface area contributed by atoms with Crippen molar-refractivity contribution in [1.82, 2.24) is 25.2 Å². The van der Waals surface area contributed by atoms with Crippen LogP contribution in [-0.2, 0) is 16.1 Å². The van der Waals surface area contributed by atoms with Gasteiger partial charge in [0.05, 0.1) is 10.7 Å². The molecule has 1 aliphatic rings. The highest BCUT2D eigenvalue weighted by Crippen LogP contribution is 2.37. The Bertz CT molecular complexity index is 763. The van der Waals surface area contributed by atoms with Gasteiger partial charge in [0.1, 0.15) is 24.6 Å². The molecule has 2 heterocycles. The second-order valence-corrected chi connectivity index (χ2v) is 5.97. The monoisotopic (exact) mass is 348 g/mol. The highest BCUT2D eigenvalue weighted by Gasteiger charge is 2.34. The number of nitro groups is 1. The van der Waals surface area contributed by atoms with Crippen LogP contribution in [0.4, 0.5) is 5.69 Å². The first kappa shape index (κ1) is 15.9. The Morgan fingerprint density at radius 2 is 2.17 bits per heavy atom. The molecule has 1 aromatic heterocycles. The number of nitrogens with one attached hydrogen (secondary N) is 1. The van der Waals surface area contributed by atoms with Crippen LogP contribution in [0.2, 0.25) is 0 Å². The zero-order valence-corrected chi connectivity index (χ0v) is 13.0. The maximum atomic E-state index is 12.0. The topological polar surface area (TPSA) is 123 Å². The molecule has 124 valence electrons. The number of nitrogens with zero attached hydrogens (tertiary/aromatic N) is 5. The Morgan fingerprint density at radius 3 is 2.79 bits per heavy atom. The van der Waals surface area contributed by atoms with Crippen molar-refractivity contribution in [3.05, 3.63) is 52.6 Å². The van der Waals surface area contributed by atoms with Gasteiger partial charge in [0.2, 0.25) is 0 Å². The fourth-order valence-electron chi connectivity index (χ4n) is 2.18. The lowest BCUT2D eigenvalue weighted by atomic mass is 10.2. The molecule has 1 unspecified atom stereocenters. The Kier molecular flexibility index (Phi) is 4.42. The van der Waals surface area contributed by atoms with Gasteiger partial charge in [0.15, 0.2) is 0 Å². The molecule has 2 aromatic rings. The molecule has 24 heavy (non-hydrogen) atoms. The molecule has 11 heteroatoms. The highest BCUT2D eigenvalue weighted by atomic mass is 32.2. The number of hydrogen-bond acceptors (Lipinski definition) is 7. The van der Waals surface area contributed by atoms with E-state index in [0.717, 1.165) is 0 Å². The summed E-state index contributed by atoms with van der Waals surface area (Å²) in [5.41, 5.74) is 3.21. The van der Waals surface area contributed by atoms with Gasteiger partial charge in [-0.25, -0.2) is 14.7 Å². The molecule has 1 saturated heterocycles. The van der Waals surface area contributed by atoms with Crippen molar-refractivity contribution in [3.63, 3.8) is 0 Å². The van der Waals surface area contributed by atoms with Crippen molar-refractivity contribution in [2.75, 3.05) is 5.75 Å². The smallest absolute Gasteiger partial charge is 0.269 e. The molecule has 1 N–H and O–H groups in total. The van der Waals surface area contributed by atoms with Gasteiger partial charge in [-0.2, -0.15) is 5.10 Å². The van der Waals surface area contributed by atoms with E-state index in [9.17, 15) is 19.7 Å². The summed E-state index contributed by atoms with van der Waals surface area (Å²) in [7, 11) is 0. The molecule has 0 bridgehead atoms. The van der Waals surface area contributed by atoms with Gasteiger partial charge in [-0.3, -0.25) is 25.1 Å². The minimum absolute atomic E-state index is 0.0326. The standard InChI is InChI=1S/C13H12N6O4S/c20-11(5-17-8-14-7-15-17)16-18-12(21)6-24-13(18)9-1-3-10(4-2-9)19(22)23/h1-4,7-8,13H,5-6H2,(H,16,20). The van der Waals surface area contributed by atoms with E-state index >= 15 is 0 Å². The van der Waals surface area contributed by atoms with Gasteiger partial charge >= 0.3 is 0 Å². The molecule has 0 aliphatic carbocycles. The fourth-order valence-corrected chi connectivity index (χ4v) is 3.29. The summed E-state index contributed by atoms with van der Waals surface area (Å²) in [6.07, 6.45) is 2.71. The molecule has 1 aliphatic heterocycles. The number of aromatic nitrogens is 3. The predicted molar refractivity (Wildman–Crippen MR) is 83.3 cm³/mol. The number of carbonyl (C=O) groups excluding carboxylic acids is 2. The zero-order valence-electron chi connectivity index (χ0n) is 12.2. The molecule has 2 amide bonds. The van der Waals surface area contributed by atoms with Gasteiger partial charge in [0.25, 0.3) is 17.5 Å². The van der Waals surface area contributed by atoms with Gasteiger partial charge in [-0.1, -0.05) is 0 Å². The third kappa shape index (κ3) is 3.35. The first-order chi connectivity index (χ1) is 11.5. The maximum absolute atomic E-state index is 12.0. The molecular weight excluding hydrogens is 336 g/mol. The maximum Gasteiger partial charge on any atom is 0.269 e. The summed E-state index contributed by atoms with van der Waals surface area (Å²) in [4.78, 5) is 38.0. The number of non-ortho nitro benzene ring substituents is 1. The predicted octanol–water partition coefficient (Wildman–Crippen LogP) is 0.492. The molecule has 0 radical (unpaired) electrons. The van der Waals surface area contributed by atoms with Crippen LogP contribution in [-0.4, -0.2) is 42.3 Å². The van der Waals surface area contributed by atoms with Crippen LogP contribution >= 0.6 is 11.8 Å². The van der Waals surface area contributed by atoms with Crippen LogP contribution in [0.5, 0.6) is 0 Å². The zero-order chi connectivity index (χ0) is 17.1. The number of nitro benzene ring substituents is 1. The van der Waals surface area contributed by atoms with E-state index in [4.69, 9.17) is 0 Å². The number of amides is 2. The van der Waals surface area contributed by atoms with Crippen LogP contribution < -0.4 is 5.43 Å². The SMILES string of the molecule is O=C(Cn1cncn1)NN1C(=O)CSC1c1ccc([N+](=O)[O-])cc1. The summed E-state index contributed by atoms with van der Waals surface area (Å²) in [5, 5.41) is 15.3. The Morgan fingerprint density at radius 1 is 1.42 bits per heavy atom. The van der Waals surface area contributed by atoms with E-state index in [-0.39, 0.29) is 23.9 Å². The van der Waals surface area contributed by atoms with Crippen LogP contribution in [0.15, 0.2) is 36.9 Å². The Balaban J connectivity index is 1.71. The quantitative estimate of drug-likeness (QED) is 0.616. The van der Waals surface area contributed by atoms with E-state index in [1.54, 1.807) is 12.1 Å². The lowest BCUT2D eigenvalue weighted by Crippen LogP contribution is -2.45. The van der Waals surface area contributed by atoms with E-state index in [1.165, 1.54) is 46.2 Å². The lowest BCUT2D eigenvalue weighted by Gasteiger charge is -2.24. The summed E-state index contributed by atoms with van der Waals surface area (Å²) in [6, 6.07) is 5.89. The second-order valence-electron chi connectivity index (χ2n) is 4.90. The van der Waals surface area contributed by atoms with E-state index < -0.39 is 16.2 Å². The number of carbonyl (C=O) groups is 2. The minimum atomic E-state index is -0.492. The molecule has 1 fully saturated rings. The van der Waals surface area contributed by atoms with Crippen molar-refractivity contribution in [2.45, 2.75) is 11.9 Å². The summed E-state index contributed by atoms with van der Waals surface area (Å²) < 4.78 is 1.34. The molecule has 0 spiro atoms. The normalized spacial score (nSPS) is 17.1. The number of hydrogen-bond donors (Lipinski definition) is 1. The van der Waals surface area contributed by atoms with Crippen molar-refractivity contribution in [1.29, 1.82) is 0 Å². The fraction of sp³-hybridized carbons (Fsp3) is 0.231. The van der Waals surface area contributed by atoms with E-state index in [0.29, 0.717) is 5.56 Å². The second kappa shape index (κ2) is 6.66. The summed E-state index contributed by atoms with van der Waals surface area (Å²) in [5.74, 6) is -0.441. The third-order valence-corrected chi connectivity index (χ3v) is 4.49. The molecular formula is C13H12N6O4S. The Hall–Kier alpha value is -2.95. The third-order valence-electron chi connectivity index (χ3n) is 3.27. The largest absolute Gasteiger partial charge is 0.272 e. The van der Waals surface area contributed by atoms with E-state index in [2.05, 4.69) is 15.5 Å². The number of benzene rings is 1. The van der Waals surface area contributed by atoms with Crippen molar-refractivity contribution < 1.29 is 14.5 Å². The Labute approximate surface area is 140 Å². The first-order valence-corrected chi connectivity index (χ1v) is 7.89. The number of hydrazine groups is 1. The van der Waals surface area contributed by atoms with E-state index in [1.807, 2.05) is 0 Å². The van der Waals surface area contributed by atoms with Gasteiger partial charge in [-0.05, 0) is 17.7 Å². The average molecular weight is 348 g/mol. The van der Waals surface area contributed by atoms with Crippen molar-refractivity contribution in [2.24, 2.45) is 0 Å².